The van der Waals surface area contributed by atoms with Crippen molar-refractivity contribution in [3.05, 3.63) is 66.4 Å². The number of halogens is 4. The summed E-state index contributed by atoms with van der Waals surface area (Å²) in [6.07, 6.45) is 0.218. The highest BCUT2D eigenvalue weighted by Crippen LogP contribution is 2.22. The molecule has 0 bridgehead atoms. The molecule has 0 aromatic heterocycles. The largest absolute Gasteiger partial charge is 0.294 e. The minimum absolute atomic E-state index is 0.0446. The van der Waals surface area contributed by atoms with Gasteiger partial charge in [-0.15, -0.1) is 0 Å². The molecule has 19 heavy (non-hydrogen) atoms. The van der Waals surface area contributed by atoms with Gasteiger partial charge in [0.25, 0.3) is 0 Å². The van der Waals surface area contributed by atoms with E-state index in [1.807, 2.05) is 0 Å². The number of rotatable bonds is 3. The zero-order valence-electron chi connectivity index (χ0n) is 9.59. The molecule has 0 amide bonds. The maximum absolute atomic E-state index is 13.1. The number of hydrogen-bond donors (Lipinski definition) is 0. The summed E-state index contributed by atoms with van der Waals surface area (Å²) in [6, 6.07) is 9.76. The van der Waals surface area contributed by atoms with Crippen molar-refractivity contribution in [2.24, 2.45) is 0 Å². The van der Waals surface area contributed by atoms with Crippen molar-refractivity contribution in [1.29, 1.82) is 0 Å². The summed E-state index contributed by atoms with van der Waals surface area (Å²) in [7, 11) is 0. The van der Waals surface area contributed by atoms with Crippen LogP contribution in [0.15, 0.2) is 40.9 Å². The fourth-order valence-electron chi connectivity index (χ4n) is 1.61. The van der Waals surface area contributed by atoms with Crippen LogP contribution in [0.2, 0.25) is 5.02 Å². The average Bonchev–Trinajstić information content (AvgIpc) is 2.37. The molecule has 0 spiro atoms. The van der Waals surface area contributed by atoms with Gasteiger partial charge in [0.1, 0.15) is 5.82 Å². The summed E-state index contributed by atoms with van der Waals surface area (Å²) >= 11 is 11.2. The summed E-state index contributed by atoms with van der Waals surface area (Å²) in [4.78, 5) is 12.1. The van der Waals surface area contributed by atoms with Crippen molar-refractivity contribution < 1.29 is 9.18 Å². The van der Waals surface area contributed by atoms with Gasteiger partial charge in [-0.1, -0.05) is 23.7 Å². The molecule has 2 aromatic rings. The smallest absolute Gasteiger partial charge is 0.167 e. The summed E-state index contributed by atoms with van der Waals surface area (Å²) < 4.78 is 14.4. The molecule has 0 atom stereocenters. The lowest BCUT2D eigenvalue weighted by Gasteiger charge is -2.04. The first-order valence-electron chi connectivity index (χ1n) is 5.39. The second-order valence-electron chi connectivity index (χ2n) is 3.98. The number of benzene rings is 2. The van der Waals surface area contributed by atoms with E-state index in [2.05, 4.69) is 38.5 Å². The Bertz CT molecular complexity index is 645. The molecule has 0 radical (unpaired) electrons. The number of Topliss-reactive ketones (excluding diaryl/α,β-unsaturated/α-hetero) is 1. The molecule has 1 nitrogen and oxygen atoms in total. The van der Waals surface area contributed by atoms with E-state index in [-0.39, 0.29) is 18.0 Å². The van der Waals surface area contributed by atoms with Crippen molar-refractivity contribution in [1.82, 2.24) is 0 Å². The van der Waals surface area contributed by atoms with Crippen LogP contribution in [-0.2, 0) is 6.42 Å². The maximum Gasteiger partial charge on any atom is 0.167 e. The van der Waals surface area contributed by atoms with Gasteiger partial charge in [0.15, 0.2) is 5.78 Å². The standard InChI is InChI=1S/C14H8BrClFIO/c15-10-5-8(1-3-12(10)17)6-14(19)9-2-4-13(18)11(16)7-9/h1-5,7H,6H2. The van der Waals surface area contributed by atoms with Gasteiger partial charge in [0, 0.05) is 15.6 Å². The fraction of sp³-hybridized carbons (Fsp3) is 0.0714. The van der Waals surface area contributed by atoms with Gasteiger partial charge in [-0.2, -0.15) is 0 Å². The van der Waals surface area contributed by atoms with Gasteiger partial charge in [-0.25, -0.2) is 4.39 Å². The van der Waals surface area contributed by atoms with Crippen LogP contribution in [0.1, 0.15) is 15.9 Å². The Balaban J connectivity index is 2.20. The first kappa shape index (κ1) is 14.9. The predicted octanol–water partition coefficient (Wildman–Crippen LogP) is 5.27. The van der Waals surface area contributed by atoms with Gasteiger partial charge in [0.2, 0.25) is 0 Å². The Morgan fingerprint density at radius 3 is 2.63 bits per heavy atom. The molecule has 98 valence electrons. The lowest BCUT2D eigenvalue weighted by atomic mass is 10.0. The molecule has 0 unspecified atom stereocenters. The number of carbonyl (C=O) groups excluding carboxylic acids is 1. The first-order valence-corrected chi connectivity index (χ1v) is 7.64. The van der Waals surface area contributed by atoms with Crippen LogP contribution >= 0.6 is 50.1 Å². The van der Waals surface area contributed by atoms with E-state index in [0.29, 0.717) is 15.1 Å². The van der Waals surface area contributed by atoms with E-state index < -0.39 is 0 Å². The van der Waals surface area contributed by atoms with Crippen LogP contribution in [0.5, 0.6) is 0 Å². The highest BCUT2D eigenvalue weighted by atomic mass is 127. The van der Waals surface area contributed by atoms with Crippen LogP contribution < -0.4 is 0 Å². The highest BCUT2D eigenvalue weighted by Gasteiger charge is 2.10. The molecular weight excluding hydrogens is 445 g/mol. The van der Waals surface area contributed by atoms with Crippen LogP contribution in [0.3, 0.4) is 0 Å². The lowest BCUT2D eigenvalue weighted by Crippen LogP contribution is -2.04. The van der Waals surface area contributed by atoms with Gasteiger partial charge < -0.3 is 0 Å². The van der Waals surface area contributed by atoms with Gasteiger partial charge in [0.05, 0.1) is 9.50 Å². The molecule has 2 aromatic carbocycles. The molecule has 0 aliphatic rings. The lowest BCUT2D eigenvalue weighted by molar-refractivity contribution is 0.0993. The summed E-state index contributed by atoms with van der Waals surface area (Å²) in [5.41, 5.74) is 1.32. The maximum atomic E-state index is 13.1. The van der Waals surface area contributed by atoms with Crippen molar-refractivity contribution >= 4 is 55.9 Å². The van der Waals surface area contributed by atoms with Crippen molar-refractivity contribution in [3.63, 3.8) is 0 Å². The average molecular weight is 453 g/mol. The summed E-state index contributed by atoms with van der Waals surface area (Å²) in [6.45, 7) is 0. The van der Waals surface area contributed by atoms with Gasteiger partial charge >= 0.3 is 0 Å². The Morgan fingerprint density at radius 2 is 2.00 bits per heavy atom. The van der Waals surface area contributed by atoms with E-state index in [1.165, 1.54) is 6.07 Å². The molecule has 0 heterocycles. The second-order valence-corrected chi connectivity index (χ2v) is 6.40. The van der Waals surface area contributed by atoms with Crippen LogP contribution in [0.25, 0.3) is 0 Å². The summed E-state index contributed by atoms with van der Waals surface area (Å²) in [5.74, 6) is -0.384. The monoisotopic (exact) mass is 452 g/mol. The van der Waals surface area contributed by atoms with E-state index >= 15 is 0 Å². The third-order valence-corrected chi connectivity index (χ3v) is 4.77. The number of ketones is 1. The molecule has 5 heteroatoms. The third kappa shape index (κ3) is 3.77. The molecular formula is C14H8BrClFIO. The minimum Gasteiger partial charge on any atom is -0.294 e. The Labute approximate surface area is 137 Å². The molecule has 0 saturated carbocycles. The van der Waals surface area contributed by atoms with E-state index in [1.54, 1.807) is 30.3 Å². The second kappa shape index (κ2) is 6.33. The molecule has 0 aliphatic heterocycles. The SMILES string of the molecule is O=C(Cc1ccc(F)c(Br)c1)c1ccc(I)c(Cl)c1. The molecule has 0 saturated heterocycles. The van der Waals surface area contributed by atoms with Crippen molar-refractivity contribution in [2.45, 2.75) is 6.42 Å². The topological polar surface area (TPSA) is 17.1 Å². The Kier molecular flexibility index (Phi) is 4.97. The van der Waals surface area contributed by atoms with E-state index in [9.17, 15) is 9.18 Å². The zero-order valence-corrected chi connectivity index (χ0v) is 14.1. The van der Waals surface area contributed by atoms with Gasteiger partial charge in [-0.05, 0) is 68.3 Å². The molecule has 2 rings (SSSR count). The zero-order chi connectivity index (χ0) is 14.0. The molecule has 0 aliphatic carbocycles. The van der Waals surface area contributed by atoms with E-state index in [0.717, 1.165) is 9.13 Å². The first-order chi connectivity index (χ1) is 8.97. The van der Waals surface area contributed by atoms with Crippen molar-refractivity contribution in [3.8, 4) is 0 Å². The van der Waals surface area contributed by atoms with E-state index in [4.69, 9.17) is 11.6 Å². The number of hydrogen-bond acceptors (Lipinski definition) is 1. The quantitative estimate of drug-likeness (QED) is 0.457. The van der Waals surface area contributed by atoms with Crippen molar-refractivity contribution in [2.75, 3.05) is 0 Å². The van der Waals surface area contributed by atoms with Crippen LogP contribution in [0.4, 0.5) is 4.39 Å². The van der Waals surface area contributed by atoms with Gasteiger partial charge in [-0.3, -0.25) is 4.79 Å². The summed E-state index contributed by atoms with van der Waals surface area (Å²) in [5, 5.41) is 0.562. The normalized spacial score (nSPS) is 10.5. The van der Waals surface area contributed by atoms with Crippen LogP contribution in [-0.4, -0.2) is 5.78 Å². The number of carbonyl (C=O) groups is 1. The minimum atomic E-state index is -0.339. The fourth-order valence-corrected chi connectivity index (χ4v) is 2.55. The predicted molar refractivity (Wildman–Crippen MR) is 86.3 cm³/mol. The van der Waals surface area contributed by atoms with Crippen LogP contribution in [0, 0.1) is 9.39 Å². The molecule has 0 fully saturated rings. The Morgan fingerprint density at radius 1 is 1.26 bits per heavy atom. The molecule has 0 N–H and O–H groups in total. The Hall–Kier alpha value is -0.460. The highest BCUT2D eigenvalue weighted by molar-refractivity contribution is 14.1. The third-order valence-electron chi connectivity index (χ3n) is 2.59.